The van der Waals surface area contributed by atoms with Gasteiger partial charge < -0.3 is 48.5 Å². The van der Waals surface area contributed by atoms with Gasteiger partial charge in [0, 0.05) is 24.2 Å². The maximum Gasteiger partial charge on any atom is 0.251 e. The monoisotopic (exact) mass is 626 g/mol. The number of benzene rings is 3. The van der Waals surface area contributed by atoms with Crippen molar-refractivity contribution < 1.29 is 47.5 Å². The molecule has 0 aromatic heterocycles. The molecule has 3 aromatic carbocycles. The zero-order chi connectivity index (χ0) is 32.8. The highest BCUT2D eigenvalue weighted by Crippen LogP contribution is 2.39. The minimum atomic E-state index is -0.598. The summed E-state index contributed by atoms with van der Waals surface area (Å²) in [6.45, 7) is 2.51. The Morgan fingerprint density at radius 2 is 1.13 bits per heavy atom. The first kappa shape index (κ1) is 34.8. The van der Waals surface area contributed by atoms with Crippen LogP contribution in [0.15, 0.2) is 54.6 Å². The van der Waals surface area contributed by atoms with E-state index in [0.717, 1.165) is 5.56 Å². The third-order valence-corrected chi connectivity index (χ3v) is 6.81. The Balaban J connectivity index is 1.70. The molecule has 0 aliphatic rings. The van der Waals surface area contributed by atoms with E-state index in [4.69, 9.17) is 37.9 Å². The summed E-state index contributed by atoms with van der Waals surface area (Å²) in [5, 5.41) is 5.79. The Kier molecular flexibility index (Phi) is 13.6. The van der Waals surface area contributed by atoms with Gasteiger partial charge in [-0.2, -0.15) is 0 Å². The molecule has 2 unspecified atom stereocenters. The molecule has 0 radical (unpaired) electrons. The molecule has 3 rings (SSSR count). The largest absolute Gasteiger partial charge is 0.493 e. The Hall–Kier alpha value is -4.68. The fourth-order valence-corrected chi connectivity index (χ4v) is 4.50. The first-order valence-electron chi connectivity index (χ1n) is 14.3. The zero-order valence-electron chi connectivity index (χ0n) is 26.8. The van der Waals surface area contributed by atoms with Crippen LogP contribution >= 0.6 is 0 Å². The van der Waals surface area contributed by atoms with Crippen molar-refractivity contribution in [2.45, 2.75) is 32.3 Å². The van der Waals surface area contributed by atoms with Crippen molar-refractivity contribution in [3.05, 3.63) is 71.3 Å². The number of amides is 2. The van der Waals surface area contributed by atoms with Crippen LogP contribution in [0.25, 0.3) is 0 Å². The zero-order valence-corrected chi connectivity index (χ0v) is 26.8. The van der Waals surface area contributed by atoms with Crippen molar-refractivity contribution in [1.29, 1.82) is 0 Å². The highest BCUT2D eigenvalue weighted by Gasteiger charge is 2.21. The first-order chi connectivity index (χ1) is 21.8. The first-order valence-corrected chi connectivity index (χ1v) is 14.3. The molecule has 0 aliphatic heterocycles. The van der Waals surface area contributed by atoms with Gasteiger partial charge in [0.1, 0.15) is 0 Å². The molecule has 244 valence electrons. The quantitative estimate of drug-likeness (QED) is 0.198. The van der Waals surface area contributed by atoms with Crippen LogP contribution in [-0.4, -0.2) is 80.0 Å². The Bertz CT molecular complexity index is 1350. The number of hydrogen-bond donors (Lipinski definition) is 2. The summed E-state index contributed by atoms with van der Waals surface area (Å²) in [5.41, 5.74) is 1.64. The molecule has 2 amide bonds. The topological polar surface area (TPSA) is 132 Å². The summed E-state index contributed by atoms with van der Waals surface area (Å²) in [6.07, 6.45) is -0.744. The number of methoxy groups -OCH3 is 6. The Morgan fingerprint density at radius 3 is 1.58 bits per heavy atom. The molecule has 0 bridgehead atoms. The van der Waals surface area contributed by atoms with Crippen molar-refractivity contribution in [2.75, 3.05) is 55.7 Å². The van der Waals surface area contributed by atoms with E-state index in [1.54, 1.807) is 31.2 Å². The fourth-order valence-electron chi connectivity index (χ4n) is 4.50. The lowest BCUT2D eigenvalue weighted by molar-refractivity contribution is -0.165. The lowest BCUT2D eigenvalue weighted by Gasteiger charge is -2.23. The molecule has 12 heteroatoms. The van der Waals surface area contributed by atoms with Gasteiger partial charge in [-0.15, -0.1) is 0 Å². The van der Waals surface area contributed by atoms with Gasteiger partial charge in [0.25, 0.3) is 11.8 Å². The number of nitrogens with one attached hydrogen (secondary N) is 2. The lowest BCUT2D eigenvalue weighted by Crippen LogP contribution is -2.38. The molecule has 2 atom stereocenters. The van der Waals surface area contributed by atoms with Gasteiger partial charge in [-0.1, -0.05) is 30.3 Å². The second-order valence-electron chi connectivity index (χ2n) is 9.70. The van der Waals surface area contributed by atoms with Gasteiger partial charge >= 0.3 is 0 Å². The van der Waals surface area contributed by atoms with Crippen LogP contribution in [0.2, 0.25) is 0 Å². The summed E-state index contributed by atoms with van der Waals surface area (Å²) in [5.74, 6) is 1.48. The predicted molar refractivity (Wildman–Crippen MR) is 167 cm³/mol. The molecule has 3 aromatic rings. The maximum absolute atomic E-state index is 13.2. The standard InChI is InChI=1S/C33H42N2O10/c1-21(44-20-22-11-9-8-10-12-22)45-25(19-35-33(37)24-17-28(40-4)31(43-7)29(18-24)41-5)13-14-34-32(36)23-15-26(38-2)30(42-6)27(16-23)39-3/h8-12,15-18,21,25H,13-14,19-20H2,1-7H3,(H,34,36)(H,35,37). The fraction of sp³-hybridized carbons (Fsp3) is 0.394. The van der Waals surface area contributed by atoms with E-state index in [2.05, 4.69) is 10.6 Å². The molecule has 0 spiro atoms. The molecule has 0 fully saturated rings. The van der Waals surface area contributed by atoms with Crippen LogP contribution in [0.4, 0.5) is 0 Å². The van der Waals surface area contributed by atoms with Crippen LogP contribution in [0.1, 0.15) is 39.6 Å². The third-order valence-electron chi connectivity index (χ3n) is 6.81. The summed E-state index contributed by atoms with van der Waals surface area (Å²) in [4.78, 5) is 26.2. The van der Waals surface area contributed by atoms with Gasteiger partial charge in [0.2, 0.25) is 11.5 Å². The maximum atomic E-state index is 13.2. The molecular formula is C33H42N2O10. The van der Waals surface area contributed by atoms with Crippen LogP contribution < -0.4 is 39.1 Å². The molecule has 0 saturated heterocycles. The molecule has 0 aliphatic carbocycles. The van der Waals surface area contributed by atoms with Crippen LogP contribution in [0.3, 0.4) is 0 Å². The van der Waals surface area contributed by atoms with Crippen molar-refractivity contribution in [3.63, 3.8) is 0 Å². The molecule has 45 heavy (non-hydrogen) atoms. The predicted octanol–water partition coefficient (Wildman–Crippen LogP) is 4.24. The summed E-state index contributed by atoms with van der Waals surface area (Å²) < 4.78 is 44.2. The number of carbonyl (C=O) groups is 2. The smallest absolute Gasteiger partial charge is 0.251 e. The van der Waals surface area contributed by atoms with Crippen molar-refractivity contribution >= 4 is 11.8 Å². The third kappa shape index (κ3) is 9.65. The molecule has 0 saturated carbocycles. The molecule has 12 nitrogen and oxygen atoms in total. The van der Waals surface area contributed by atoms with E-state index in [1.165, 1.54) is 42.7 Å². The number of hydrogen-bond acceptors (Lipinski definition) is 10. The second-order valence-corrected chi connectivity index (χ2v) is 9.70. The molecule has 2 N–H and O–H groups in total. The Labute approximate surface area is 263 Å². The SMILES string of the molecule is COc1cc(C(=O)NCCC(CNC(=O)c2cc(OC)c(OC)c(OC)c2)OC(C)OCc2ccccc2)cc(OC)c1OC. The van der Waals surface area contributed by atoms with Crippen molar-refractivity contribution in [1.82, 2.24) is 10.6 Å². The minimum absolute atomic E-state index is 0.134. The average molecular weight is 627 g/mol. The van der Waals surface area contributed by atoms with E-state index in [0.29, 0.717) is 58.7 Å². The molecular weight excluding hydrogens is 584 g/mol. The highest BCUT2D eigenvalue weighted by atomic mass is 16.7. The van der Waals surface area contributed by atoms with E-state index < -0.39 is 12.4 Å². The van der Waals surface area contributed by atoms with Gasteiger partial charge in [-0.3, -0.25) is 9.59 Å². The van der Waals surface area contributed by atoms with Crippen LogP contribution in [0, 0.1) is 0 Å². The van der Waals surface area contributed by atoms with Gasteiger partial charge in [0.05, 0.1) is 55.4 Å². The lowest BCUT2D eigenvalue weighted by atomic mass is 10.1. The highest BCUT2D eigenvalue weighted by molar-refractivity contribution is 5.96. The van der Waals surface area contributed by atoms with Gasteiger partial charge in [-0.05, 0) is 43.2 Å². The Morgan fingerprint density at radius 1 is 0.667 bits per heavy atom. The van der Waals surface area contributed by atoms with E-state index >= 15 is 0 Å². The second kappa shape index (κ2) is 17.6. The number of carbonyl (C=O) groups excluding carboxylic acids is 2. The van der Waals surface area contributed by atoms with Crippen LogP contribution in [-0.2, 0) is 16.1 Å². The number of rotatable bonds is 18. The van der Waals surface area contributed by atoms with Gasteiger partial charge in [0.15, 0.2) is 29.3 Å². The summed E-state index contributed by atoms with van der Waals surface area (Å²) in [7, 11) is 8.90. The average Bonchev–Trinajstić information content (AvgIpc) is 3.08. The van der Waals surface area contributed by atoms with E-state index in [1.807, 2.05) is 30.3 Å². The van der Waals surface area contributed by atoms with E-state index in [-0.39, 0.29) is 24.9 Å². The normalized spacial score (nSPS) is 12.0. The summed E-state index contributed by atoms with van der Waals surface area (Å²) >= 11 is 0. The molecule has 0 heterocycles. The van der Waals surface area contributed by atoms with Crippen LogP contribution in [0.5, 0.6) is 34.5 Å². The summed E-state index contributed by atoms with van der Waals surface area (Å²) in [6, 6.07) is 16.0. The minimum Gasteiger partial charge on any atom is -0.493 e. The number of ether oxygens (including phenoxy) is 8. The van der Waals surface area contributed by atoms with Gasteiger partial charge in [-0.25, -0.2) is 0 Å². The van der Waals surface area contributed by atoms with E-state index in [9.17, 15) is 9.59 Å². The van der Waals surface area contributed by atoms with Crippen molar-refractivity contribution in [2.24, 2.45) is 0 Å². The van der Waals surface area contributed by atoms with Crippen molar-refractivity contribution in [3.8, 4) is 34.5 Å².